The summed E-state index contributed by atoms with van der Waals surface area (Å²) >= 11 is 0. The van der Waals surface area contributed by atoms with E-state index in [4.69, 9.17) is 19.9 Å². The van der Waals surface area contributed by atoms with Crippen molar-refractivity contribution >= 4 is 87.2 Å². The molecule has 8 aromatic heterocycles. The Labute approximate surface area is 228 Å². The van der Waals surface area contributed by atoms with Gasteiger partial charge in [-0.15, -0.1) is 0 Å². The Balaban J connectivity index is 1.48. The highest BCUT2D eigenvalue weighted by atomic mass is 14.8. The van der Waals surface area contributed by atoms with Gasteiger partial charge in [-0.1, -0.05) is 97.1 Å². The third kappa shape index (κ3) is 3.20. The molecular weight excluding hydrogens is 488 g/mol. The van der Waals surface area contributed by atoms with E-state index in [1.54, 1.807) is 0 Å². The number of pyridine rings is 4. The Morgan fingerprint density at radius 1 is 0.200 bits per heavy atom. The summed E-state index contributed by atoms with van der Waals surface area (Å²) < 4.78 is 0. The SMILES string of the molecule is c1cc2ccc1c1ccc3ccc4ccc(nc4c3n1)c1ccc(cc1)c1ccc3ccc4ccc2nc4c3n1. The van der Waals surface area contributed by atoms with Crippen LogP contribution in [-0.2, 0) is 0 Å². The van der Waals surface area contributed by atoms with Crippen LogP contribution in [0.3, 0.4) is 0 Å². The highest BCUT2D eigenvalue weighted by Gasteiger charge is 2.08. The van der Waals surface area contributed by atoms with Crippen LogP contribution in [-0.4, -0.2) is 19.9 Å². The second-order valence-electron chi connectivity index (χ2n) is 10.4. The normalized spacial score (nSPS) is 12.0. The zero-order chi connectivity index (χ0) is 26.2. The summed E-state index contributed by atoms with van der Waals surface area (Å²) in [7, 11) is 0. The van der Waals surface area contributed by atoms with Gasteiger partial charge in [0.25, 0.3) is 0 Å². The van der Waals surface area contributed by atoms with Crippen molar-refractivity contribution in [3.05, 3.63) is 121 Å². The van der Waals surface area contributed by atoms with Gasteiger partial charge >= 0.3 is 0 Å². The van der Waals surface area contributed by atoms with Crippen LogP contribution in [0.25, 0.3) is 87.2 Å². The van der Waals surface area contributed by atoms with Crippen LogP contribution >= 0.6 is 0 Å². The molecular formula is C36H20N4. The number of hydrogen-bond donors (Lipinski definition) is 0. The fraction of sp³-hybridized carbons (Fsp3) is 0. The summed E-state index contributed by atoms with van der Waals surface area (Å²) in [5.74, 6) is 0. The first-order valence-corrected chi connectivity index (χ1v) is 13.4. The molecule has 8 heterocycles. The first kappa shape index (κ1) is 21.5. The zero-order valence-electron chi connectivity index (χ0n) is 21.3. The fourth-order valence-corrected chi connectivity index (χ4v) is 5.80. The zero-order valence-corrected chi connectivity index (χ0v) is 21.3. The Bertz CT molecular complexity index is 2150. The molecule has 0 N–H and O–H groups in total. The highest BCUT2D eigenvalue weighted by molar-refractivity contribution is 6.07. The minimum atomic E-state index is 0.910. The number of benzene rings is 4. The predicted octanol–water partition coefficient (Wildman–Crippen LogP) is 9.05. The monoisotopic (exact) mass is 508 g/mol. The van der Waals surface area contributed by atoms with Gasteiger partial charge in [-0.05, 0) is 24.3 Å². The third-order valence-electron chi connectivity index (χ3n) is 7.99. The molecule has 0 spiro atoms. The Morgan fingerprint density at radius 2 is 0.375 bits per heavy atom. The molecule has 12 bridgehead atoms. The van der Waals surface area contributed by atoms with Crippen molar-refractivity contribution in [2.75, 3.05) is 0 Å². The Kier molecular flexibility index (Phi) is 4.30. The molecule has 4 aromatic carbocycles. The Hall–Kier alpha value is -5.48. The first-order valence-electron chi connectivity index (χ1n) is 13.4. The molecule has 40 heavy (non-hydrogen) atoms. The maximum Gasteiger partial charge on any atom is 0.0972 e. The number of nitrogens with zero attached hydrogens (tertiary/aromatic N) is 4. The van der Waals surface area contributed by atoms with Crippen molar-refractivity contribution in [1.29, 1.82) is 0 Å². The lowest BCUT2D eigenvalue weighted by Gasteiger charge is -2.06. The fourth-order valence-electron chi connectivity index (χ4n) is 5.80. The largest absolute Gasteiger partial charge is 0.245 e. The quantitative estimate of drug-likeness (QED) is 0.192. The summed E-state index contributed by atoms with van der Waals surface area (Å²) in [5, 5.41) is 8.53. The van der Waals surface area contributed by atoms with E-state index in [1.165, 1.54) is 0 Å². The molecule has 0 saturated heterocycles. The van der Waals surface area contributed by atoms with E-state index in [1.807, 2.05) is 0 Å². The van der Waals surface area contributed by atoms with E-state index in [9.17, 15) is 0 Å². The summed E-state index contributed by atoms with van der Waals surface area (Å²) in [6.07, 6.45) is 0. The highest BCUT2D eigenvalue weighted by Crippen LogP contribution is 2.28. The molecule has 0 fully saturated rings. The van der Waals surface area contributed by atoms with Crippen LogP contribution in [0.15, 0.2) is 121 Å². The van der Waals surface area contributed by atoms with Crippen LogP contribution in [0.4, 0.5) is 0 Å². The Morgan fingerprint density at radius 3 is 0.600 bits per heavy atom. The van der Waals surface area contributed by atoms with Crippen molar-refractivity contribution in [2.45, 2.75) is 0 Å². The molecule has 0 unspecified atom stereocenters. The van der Waals surface area contributed by atoms with Crippen LogP contribution in [0, 0.1) is 0 Å². The van der Waals surface area contributed by atoms with Crippen LogP contribution in [0.1, 0.15) is 0 Å². The summed E-state index contributed by atoms with van der Waals surface area (Å²) in [6, 6.07) is 42.4. The van der Waals surface area contributed by atoms with Gasteiger partial charge in [0.2, 0.25) is 0 Å². The van der Waals surface area contributed by atoms with E-state index in [0.29, 0.717) is 0 Å². The molecule has 4 heteroatoms. The lowest BCUT2D eigenvalue weighted by atomic mass is 10.1. The van der Waals surface area contributed by atoms with Crippen molar-refractivity contribution in [2.24, 2.45) is 0 Å². The summed E-state index contributed by atoms with van der Waals surface area (Å²) in [5.41, 5.74) is 7.33. The van der Waals surface area contributed by atoms with Crippen molar-refractivity contribution < 1.29 is 0 Å². The molecule has 12 aromatic rings. The minimum absolute atomic E-state index is 0.910. The van der Waals surface area contributed by atoms with Gasteiger partial charge in [-0.2, -0.15) is 0 Å². The molecule has 0 amide bonds. The average molecular weight is 509 g/mol. The molecule has 0 aliphatic heterocycles. The molecule has 0 saturated carbocycles. The first-order chi connectivity index (χ1) is 19.8. The maximum absolute atomic E-state index is 5.11. The van der Waals surface area contributed by atoms with E-state index >= 15 is 0 Å². The molecule has 12 rings (SSSR count). The lowest BCUT2D eigenvalue weighted by molar-refractivity contribution is 1.45. The summed E-state index contributed by atoms with van der Waals surface area (Å²) in [4.78, 5) is 20.4. The van der Waals surface area contributed by atoms with Gasteiger partial charge in [0.05, 0.1) is 44.1 Å². The standard InChI is InChI=1S/C36H20N4/c1-2-22-4-3-21(1)29-17-13-25-9-10-27-15-19-31(39-34(27)33(25)37-29)23-5-7-24(8-6-23)32-20-16-28-12-11-26-14-18-30(22)38-35(26)36(28)40-32/h1-20H. The van der Waals surface area contributed by atoms with Gasteiger partial charge in [0, 0.05) is 43.1 Å². The van der Waals surface area contributed by atoms with Gasteiger partial charge in [0.1, 0.15) is 0 Å². The van der Waals surface area contributed by atoms with Crippen LogP contribution in [0.2, 0.25) is 0 Å². The molecule has 0 radical (unpaired) electrons. The third-order valence-corrected chi connectivity index (χ3v) is 7.99. The second-order valence-corrected chi connectivity index (χ2v) is 10.4. The van der Waals surface area contributed by atoms with Gasteiger partial charge in [-0.3, -0.25) is 0 Å². The van der Waals surface area contributed by atoms with Crippen molar-refractivity contribution in [1.82, 2.24) is 19.9 Å². The number of aromatic nitrogens is 4. The molecule has 0 aliphatic carbocycles. The number of hydrogen-bond acceptors (Lipinski definition) is 4. The van der Waals surface area contributed by atoms with E-state index in [0.717, 1.165) is 87.2 Å². The van der Waals surface area contributed by atoms with E-state index < -0.39 is 0 Å². The van der Waals surface area contributed by atoms with E-state index in [-0.39, 0.29) is 0 Å². The number of rotatable bonds is 0. The molecule has 0 aliphatic rings. The molecule has 0 atom stereocenters. The smallest absolute Gasteiger partial charge is 0.0972 e. The van der Waals surface area contributed by atoms with Crippen LogP contribution < -0.4 is 0 Å². The average Bonchev–Trinajstić information content (AvgIpc) is 3.03. The predicted molar refractivity (Wildman–Crippen MR) is 166 cm³/mol. The van der Waals surface area contributed by atoms with Crippen molar-refractivity contribution in [3.8, 4) is 0 Å². The topological polar surface area (TPSA) is 51.6 Å². The van der Waals surface area contributed by atoms with Gasteiger partial charge < -0.3 is 0 Å². The maximum atomic E-state index is 5.11. The minimum Gasteiger partial charge on any atom is -0.245 e. The molecule has 4 nitrogen and oxygen atoms in total. The van der Waals surface area contributed by atoms with E-state index in [2.05, 4.69) is 121 Å². The van der Waals surface area contributed by atoms with Crippen LogP contribution in [0.5, 0.6) is 0 Å². The van der Waals surface area contributed by atoms with Crippen molar-refractivity contribution in [3.63, 3.8) is 0 Å². The molecule has 184 valence electrons. The second kappa shape index (κ2) is 8.01. The van der Waals surface area contributed by atoms with Gasteiger partial charge in [-0.25, -0.2) is 19.9 Å². The lowest BCUT2D eigenvalue weighted by Crippen LogP contribution is -1.88. The summed E-state index contributed by atoms with van der Waals surface area (Å²) in [6.45, 7) is 0. The van der Waals surface area contributed by atoms with Gasteiger partial charge in [0.15, 0.2) is 0 Å².